The van der Waals surface area contributed by atoms with Gasteiger partial charge in [0, 0.05) is 43.9 Å². The number of piperidine rings is 1. The first kappa shape index (κ1) is 18.6. The van der Waals surface area contributed by atoms with Crippen LogP contribution in [-0.2, 0) is 17.9 Å². The molecule has 1 amide bonds. The van der Waals surface area contributed by atoms with Gasteiger partial charge in [0.15, 0.2) is 0 Å². The Kier molecular flexibility index (Phi) is 5.15. The standard InChI is InChI=1S/C19H27N7O2/c1-3-24-8-4-5-15(18(24)28)12-25-19(21-22-23-25)26-16-6-7-17(26)10-14(9-16)11-20-13(2)27/h4-5,8,14,16-17H,3,6-7,9-12H2,1-2H3,(H,20,27)/t14?,16-,17+. The molecule has 1 N–H and O–H groups in total. The van der Waals surface area contributed by atoms with Gasteiger partial charge in [-0.2, -0.15) is 0 Å². The smallest absolute Gasteiger partial charge is 0.255 e. The second-order valence-electron chi connectivity index (χ2n) is 7.83. The Hall–Kier alpha value is -2.71. The molecule has 150 valence electrons. The lowest BCUT2D eigenvalue weighted by Crippen LogP contribution is -2.46. The topological polar surface area (TPSA) is 97.9 Å². The Morgan fingerprint density at radius 2 is 2.04 bits per heavy atom. The van der Waals surface area contributed by atoms with Crippen molar-refractivity contribution in [2.24, 2.45) is 5.92 Å². The van der Waals surface area contributed by atoms with E-state index in [2.05, 4.69) is 25.7 Å². The second kappa shape index (κ2) is 7.73. The molecule has 28 heavy (non-hydrogen) atoms. The number of hydrogen-bond acceptors (Lipinski definition) is 6. The molecule has 3 atom stereocenters. The summed E-state index contributed by atoms with van der Waals surface area (Å²) in [6.45, 7) is 5.26. The van der Waals surface area contributed by atoms with Crippen LogP contribution in [0.5, 0.6) is 0 Å². The van der Waals surface area contributed by atoms with Crippen LogP contribution in [0.3, 0.4) is 0 Å². The third-order valence-electron chi connectivity index (χ3n) is 5.97. The van der Waals surface area contributed by atoms with Crippen molar-refractivity contribution in [2.45, 2.75) is 64.7 Å². The van der Waals surface area contributed by atoms with Crippen LogP contribution in [0.1, 0.15) is 45.1 Å². The Morgan fingerprint density at radius 3 is 2.71 bits per heavy atom. The van der Waals surface area contributed by atoms with Gasteiger partial charge >= 0.3 is 0 Å². The maximum atomic E-state index is 12.6. The van der Waals surface area contributed by atoms with Gasteiger partial charge in [-0.3, -0.25) is 9.59 Å². The maximum Gasteiger partial charge on any atom is 0.255 e. The summed E-state index contributed by atoms with van der Waals surface area (Å²) in [5.41, 5.74) is 0.689. The van der Waals surface area contributed by atoms with Crippen molar-refractivity contribution in [2.75, 3.05) is 11.4 Å². The van der Waals surface area contributed by atoms with Gasteiger partial charge in [0.25, 0.3) is 5.56 Å². The zero-order valence-electron chi connectivity index (χ0n) is 16.4. The molecule has 9 nitrogen and oxygen atoms in total. The number of rotatable bonds is 6. The lowest BCUT2D eigenvalue weighted by molar-refractivity contribution is -0.119. The number of carbonyl (C=O) groups excluding carboxylic acids is 1. The SMILES string of the molecule is CCn1cccc(Cn2nnnc2N2[C@@H]3CC[C@H]2CC(CNC(C)=O)C3)c1=O. The number of pyridine rings is 1. The molecular formula is C19H27N7O2. The fourth-order valence-electron chi connectivity index (χ4n) is 4.68. The number of aryl methyl sites for hydroxylation is 1. The van der Waals surface area contributed by atoms with Crippen LogP contribution in [0.4, 0.5) is 5.95 Å². The van der Waals surface area contributed by atoms with Gasteiger partial charge in [-0.1, -0.05) is 11.2 Å². The van der Waals surface area contributed by atoms with Crippen LogP contribution in [0.25, 0.3) is 0 Å². The Labute approximate surface area is 163 Å². The van der Waals surface area contributed by atoms with E-state index in [0.29, 0.717) is 36.7 Å². The van der Waals surface area contributed by atoms with Crippen molar-refractivity contribution in [1.82, 2.24) is 30.1 Å². The summed E-state index contributed by atoms with van der Waals surface area (Å²) in [5.74, 6) is 1.27. The molecule has 0 saturated carbocycles. The van der Waals surface area contributed by atoms with E-state index in [0.717, 1.165) is 38.2 Å². The fourth-order valence-corrected chi connectivity index (χ4v) is 4.68. The van der Waals surface area contributed by atoms with E-state index < -0.39 is 0 Å². The predicted molar refractivity (Wildman–Crippen MR) is 104 cm³/mol. The average Bonchev–Trinajstić information content (AvgIpc) is 3.22. The van der Waals surface area contributed by atoms with Gasteiger partial charge in [0.1, 0.15) is 0 Å². The number of fused-ring (bicyclic) bond motifs is 2. The van der Waals surface area contributed by atoms with E-state index in [1.165, 1.54) is 0 Å². The molecule has 0 aliphatic carbocycles. The molecule has 2 saturated heterocycles. The minimum absolute atomic E-state index is 0.00318. The summed E-state index contributed by atoms with van der Waals surface area (Å²) in [7, 11) is 0. The highest BCUT2D eigenvalue weighted by atomic mass is 16.1. The highest BCUT2D eigenvalue weighted by molar-refractivity contribution is 5.72. The normalized spacial score (nSPS) is 23.8. The Morgan fingerprint density at radius 1 is 1.29 bits per heavy atom. The van der Waals surface area contributed by atoms with Crippen LogP contribution < -0.4 is 15.8 Å². The van der Waals surface area contributed by atoms with Crippen LogP contribution in [-0.4, -0.2) is 49.3 Å². The quantitative estimate of drug-likeness (QED) is 0.789. The summed E-state index contributed by atoms with van der Waals surface area (Å²) in [6.07, 6.45) is 6.08. The molecule has 0 spiro atoms. The molecule has 2 aliphatic rings. The van der Waals surface area contributed by atoms with E-state index in [4.69, 9.17) is 0 Å². The predicted octanol–water partition coefficient (Wildman–Crippen LogP) is 0.786. The lowest BCUT2D eigenvalue weighted by atomic mass is 9.91. The first-order valence-electron chi connectivity index (χ1n) is 10.0. The monoisotopic (exact) mass is 385 g/mol. The van der Waals surface area contributed by atoms with Gasteiger partial charge < -0.3 is 14.8 Å². The van der Waals surface area contributed by atoms with Crippen molar-refractivity contribution >= 4 is 11.9 Å². The number of anilines is 1. The second-order valence-corrected chi connectivity index (χ2v) is 7.83. The molecule has 1 unspecified atom stereocenters. The molecule has 2 aromatic heterocycles. The minimum atomic E-state index is 0.00318. The minimum Gasteiger partial charge on any atom is -0.356 e. The molecule has 0 aromatic carbocycles. The molecule has 0 radical (unpaired) electrons. The number of nitrogens with one attached hydrogen (secondary N) is 1. The molecule has 9 heteroatoms. The zero-order valence-corrected chi connectivity index (χ0v) is 16.4. The Bertz CT molecular complexity index is 892. The van der Waals surface area contributed by atoms with Gasteiger partial charge in [0.05, 0.1) is 6.54 Å². The van der Waals surface area contributed by atoms with E-state index in [-0.39, 0.29) is 11.5 Å². The molecular weight excluding hydrogens is 358 g/mol. The van der Waals surface area contributed by atoms with Gasteiger partial charge in [-0.25, -0.2) is 4.68 Å². The summed E-state index contributed by atoms with van der Waals surface area (Å²) >= 11 is 0. The third-order valence-corrected chi connectivity index (χ3v) is 5.97. The van der Waals surface area contributed by atoms with Crippen molar-refractivity contribution in [3.8, 4) is 0 Å². The maximum absolute atomic E-state index is 12.6. The van der Waals surface area contributed by atoms with Crippen molar-refractivity contribution in [1.29, 1.82) is 0 Å². The van der Waals surface area contributed by atoms with Crippen molar-refractivity contribution in [3.05, 3.63) is 34.2 Å². The van der Waals surface area contributed by atoms with E-state index >= 15 is 0 Å². The van der Waals surface area contributed by atoms with E-state index in [9.17, 15) is 9.59 Å². The van der Waals surface area contributed by atoms with Gasteiger partial charge in [0.2, 0.25) is 11.9 Å². The summed E-state index contributed by atoms with van der Waals surface area (Å²) in [4.78, 5) is 26.1. The molecule has 2 fully saturated rings. The summed E-state index contributed by atoms with van der Waals surface area (Å²) in [6, 6.07) is 4.49. The van der Waals surface area contributed by atoms with E-state index in [1.54, 1.807) is 22.4 Å². The lowest BCUT2D eigenvalue weighted by Gasteiger charge is -2.39. The number of hydrogen-bond donors (Lipinski definition) is 1. The number of nitrogens with zero attached hydrogens (tertiary/aromatic N) is 6. The molecule has 2 bridgehead atoms. The average molecular weight is 385 g/mol. The van der Waals surface area contributed by atoms with Crippen molar-refractivity contribution in [3.63, 3.8) is 0 Å². The number of carbonyl (C=O) groups is 1. The summed E-state index contributed by atoms with van der Waals surface area (Å²) < 4.78 is 3.44. The van der Waals surface area contributed by atoms with E-state index in [1.807, 2.05) is 19.1 Å². The molecule has 4 heterocycles. The van der Waals surface area contributed by atoms with Crippen LogP contribution >= 0.6 is 0 Å². The van der Waals surface area contributed by atoms with Crippen molar-refractivity contribution < 1.29 is 4.79 Å². The van der Waals surface area contributed by atoms with Gasteiger partial charge in [-0.15, -0.1) is 0 Å². The Balaban J connectivity index is 1.52. The molecule has 4 rings (SSSR count). The van der Waals surface area contributed by atoms with Crippen LogP contribution in [0, 0.1) is 5.92 Å². The molecule has 2 aliphatic heterocycles. The summed E-state index contributed by atoms with van der Waals surface area (Å²) in [5, 5.41) is 15.3. The molecule has 2 aromatic rings. The first-order valence-corrected chi connectivity index (χ1v) is 10.0. The van der Waals surface area contributed by atoms with Crippen LogP contribution in [0.15, 0.2) is 23.1 Å². The highest BCUT2D eigenvalue weighted by Crippen LogP contribution is 2.40. The van der Waals surface area contributed by atoms with Crippen LogP contribution in [0.2, 0.25) is 0 Å². The van der Waals surface area contributed by atoms with Gasteiger partial charge in [-0.05, 0) is 55.0 Å². The largest absolute Gasteiger partial charge is 0.356 e. The zero-order chi connectivity index (χ0) is 19.7. The highest BCUT2D eigenvalue weighted by Gasteiger charge is 2.42. The number of aromatic nitrogens is 5. The fraction of sp³-hybridized carbons (Fsp3) is 0.632. The third kappa shape index (κ3) is 3.53. The first-order chi connectivity index (χ1) is 13.6. The number of amides is 1. The number of tetrazole rings is 1.